The van der Waals surface area contributed by atoms with Crippen LogP contribution >= 0.6 is 0 Å². The minimum atomic E-state index is -0.0261. The number of likely N-dealkylation sites (tertiary alicyclic amines) is 2. The van der Waals surface area contributed by atoms with Crippen LogP contribution in [0.5, 0.6) is 0 Å². The lowest BCUT2D eigenvalue weighted by atomic mass is 9.72. The van der Waals surface area contributed by atoms with Crippen molar-refractivity contribution in [3.05, 3.63) is 29.8 Å². The summed E-state index contributed by atoms with van der Waals surface area (Å²) in [5, 5.41) is 3.00. The molecule has 3 heterocycles. The van der Waals surface area contributed by atoms with Gasteiger partial charge in [0.15, 0.2) is 0 Å². The van der Waals surface area contributed by atoms with Gasteiger partial charge in [-0.2, -0.15) is 0 Å². The predicted octanol–water partition coefficient (Wildman–Crippen LogP) is 3.41. The summed E-state index contributed by atoms with van der Waals surface area (Å²) >= 11 is 0. The van der Waals surface area contributed by atoms with Gasteiger partial charge < -0.3 is 19.9 Å². The molecule has 3 aliphatic heterocycles. The number of nitrogens with zero attached hydrogens (tertiary/aromatic N) is 2. The summed E-state index contributed by atoms with van der Waals surface area (Å²) in [5.41, 5.74) is 2.17. The van der Waals surface area contributed by atoms with Crippen molar-refractivity contribution < 1.29 is 14.3 Å². The van der Waals surface area contributed by atoms with Crippen LogP contribution in [-0.4, -0.2) is 60.6 Å². The molecule has 0 radical (unpaired) electrons. The smallest absolute Gasteiger partial charge is 0.321 e. The minimum Gasteiger partial charge on any atom is -0.376 e. The first-order chi connectivity index (χ1) is 13.5. The maximum absolute atomic E-state index is 12.6. The van der Waals surface area contributed by atoms with E-state index >= 15 is 0 Å². The SMILES string of the molecule is Cc1ccc(NC(=O)N2CCC3(CCC(=O)N(C[C@@H]4CCCO4)C3)CC2)cc1. The highest BCUT2D eigenvalue weighted by Crippen LogP contribution is 2.40. The van der Waals surface area contributed by atoms with Crippen LogP contribution in [0.15, 0.2) is 24.3 Å². The maximum atomic E-state index is 12.6. The number of hydrogen-bond donors (Lipinski definition) is 1. The third-order valence-corrected chi connectivity index (χ3v) is 6.61. The molecule has 152 valence electrons. The van der Waals surface area contributed by atoms with Gasteiger partial charge in [0, 0.05) is 44.9 Å². The number of carbonyl (C=O) groups is 2. The van der Waals surface area contributed by atoms with E-state index in [9.17, 15) is 9.59 Å². The van der Waals surface area contributed by atoms with Crippen molar-refractivity contribution >= 4 is 17.6 Å². The quantitative estimate of drug-likeness (QED) is 0.867. The summed E-state index contributed by atoms with van der Waals surface area (Å²) in [7, 11) is 0. The third-order valence-electron chi connectivity index (χ3n) is 6.61. The molecule has 3 fully saturated rings. The van der Waals surface area contributed by atoms with E-state index in [2.05, 4.69) is 5.32 Å². The van der Waals surface area contributed by atoms with Gasteiger partial charge >= 0.3 is 6.03 Å². The number of benzene rings is 1. The molecule has 1 N–H and O–H groups in total. The summed E-state index contributed by atoms with van der Waals surface area (Å²) < 4.78 is 5.74. The molecular weight excluding hydrogens is 354 g/mol. The summed E-state index contributed by atoms with van der Waals surface area (Å²) in [4.78, 5) is 28.9. The Bertz CT molecular complexity index is 704. The van der Waals surface area contributed by atoms with Gasteiger partial charge in [0.2, 0.25) is 5.91 Å². The average molecular weight is 386 g/mol. The highest BCUT2D eigenvalue weighted by Gasteiger charge is 2.42. The zero-order valence-electron chi connectivity index (χ0n) is 16.8. The number of hydrogen-bond acceptors (Lipinski definition) is 3. The predicted molar refractivity (Wildman–Crippen MR) is 108 cm³/mol. The molecular formula is C22H31N3O3. The van der Waals surface area contributed by atoms with Crippen LogP contribution in [-0.2, 0) is 9.53 Å². The van der Waals surface area contributed by atoms with Gasteiger partial charge in [-0.05, 0) is 56.6 Å². The first kappa shape index (κ1) is 19.2. The Morgan fingerprint density at radius 3 is 2.64 bits per heavy atom. The summed E-state index contributed by atoms with van der Waals surface area (Å²) in [6.45, 7) is 5.91. The molecule has 3 amide bonds. The number of aryl methyl sites for hydroxylation is 1. The summed E-state index contributed by atoms with van der Waals surface area (Å²) in [6, 6.07) is 7.86. The molecule has 4 rings (SSSR count). The number of urea groups is 1. The Kier molecular flexibility index (Phi) is 5.58. The molecule has 6 nitrogen and oxygen atoms in total. The molecule has 1 aromatic carbocycles. The lowest BCUT2D eigenvalue weighted by molar-refractivity contribution is -0.140. The zero-order valence-corrected chi connectivity index (χ0v) is 16.8. The molecule has 1 aromatic rings. The Morgan fingerprint density at radius 1 is 1.21 bits per heavy atom. The molecule has 28 heavy (non-hydrogen) atoms. The first-order valence-corrected chi connectivity index (χ1v) is 10.6. The fourth-order valence-corrected chi connectivity index (χ4v) is 4.73. The molecule has 3 aliphatic rings. The number of rotatable bonds is 3. The van der Waals surface area contributed by atoms with Gasteiger partial charge in [-0.3, -0.25) is 4.79 Å². The van der Waals surface area contributed by atoms with E-state index in [0.29, 0.717) is 6.42 Å². The van der Waals surface area contributed by atoms with Crippen LogP contribution in [0.1, 0.15) is 44.1 Å². The summed E-state index contributed by atoms with van der Waals surface area (Å²) in [5.74, 6) is 0.265. The van der Waals surface area contributed by atoms with Crippen LogP contribution < -0.4 is 5.32 Å². The third kappa shape index (κ3) is 4.32. The molecule has 1 atom stereocenters. The molecule has 0 aliphatic carbocycles. The Morgan fingerprint density at radius 2 is 1.96 bits per heavy atom. The number of nitrogens with one attached hydrogen (secondary N) is 1. The van der Waals surface area contributed by atoms with Crippen molar-refractivity contribution in [2.24, 2.45) is 5.41 Å². The molecule has 6 heteroatoms. The van der Waals surface area contributed by atoms with E-state index in [-0.39, 0.29) is 23.5 Å². The van der Waals surface area contributed by atoms with E-state index in [1.54, 1.807) is 0 Å². The Hall–Kier alpha value is -2.08. The van der Waals surface area contributed by atoms with E-state index < -0.39 is 0 Å². The molecule has 0 saturated carbocycles. The van der Waals surface area contributed by atoms with Crippen molar-refractivity contribution in [1.82, 2.24) is 9.80 Å². The van der Waals surface area contributed by atoms with E-state index in [1.165, 1.54) is 5.56 Å². The Balaban J connectivity index is 1.31. The average Bonchev–Trinajstić information content (AvgIpc) is 3.20. The van der Waals surface area contributed by atoms with Crippen LogP contribution in [0.2, 0.25) is 0 Å². The number of anilines is 1. The van der Waals surface area contributed by atoms with Crippen molar-refractivity contribution in [2.45, 2.75) is 51.6 Å². The zero-order chi connectivity index (χ0) is 19.6. The normalized spacial score (nSPS) is 24.6. The largest absolute Gasteiger partial charge is 0.376 e. The fraction of sp³-hybridized carbons (Fsp3) is 0.636. The standard InChI is InChI=1S/C22H31N3O3/c1-17-4-6-18(7-5-17)23-21(27)24-12-10-22(11-13-24)9-8-20(26)25(16-22)15-19-3-2-14-28-19/h4-7,19H,2-3,8-16H2,1H3,(H,23,27)/t19-/m0/s1. The van der Waals surface area contributed by atoms with Gasteiger partial charge in [-0.15, -0.1) is 0 Å². The maximum Gasteiger partial charge on any atom is 0.321 e. The van der Waals surface area contributed by atoms with E-state index in [0.717, 1.165) is 70.6 Å². The second-order valence-corrected chi connectivity index (χ2v) is 8.69. The van der Waals surface area contributed by atoms with Crippen molar-refractivity contribution in [2.75, 3.05) is 38.1 Å². The number of piperidine rings is 2. The molecule has 0 bridgehead atoms. The van der Waals surface area contributed by atoms with Gasteiger partial charge in [-0.25, -0.2) is 4.79 Å². The number of carbonyl (C=O) groups excluding carboxylic acids is 2. The number of amides is 3. The van der Waals surface area contributed by atoms with Crippen LogP contribution in [0, 0.1) is 12.3 Å². The summed E-state index contributed by atoms with van der Waals surface area (Å²) in [6.07, 6.45) is 5.86. The lowest BCUT2D eigenvalue weighted by Crippen LogP contribution is -2.54. The second kappa shape index (κ2) is 8.11. The van der Waals surface area contributed by atoms with Crippen LogP contribution in [0.3, 0.4) is 0 Å². The van der Waals surface area contributed by atoms with Gasteiger partial charge in [0.25, 0.3) is 0 Å². The van der Waals surface area contributed by atoms with Gasteiger partial charge in [-0.1, -0.05) is 17.7 Å². The highest BCUT2D eigenvalue weighted by atomic mass is 16.5. The molecule has 3 saturated heterocycles. The fourth-order valence-electron chi connectivity index (χ4n) is 4.73. The van der Waals surface area contributed by atoms with Crippen molar-refractivity contribution in [3.63, 3.8) is 0 Å². The topological polar surface area (TPSA) is 61.9 Å². The van der Waals surface area contributed by atoms with E-state index in [1.807, 2.05) is 41.0 Å². The van der Waals surface area contributed by atoms with E-state index in [4.69, 9.17) is 4.74 Å². The lowest BCUT2D eigenvalue weighted by Gasteiger charge is -2.47. The Labute approximate surface area is 167 Å². The first-order valence-electron chi connectivity index (χ1n) is 10.6. The molecule has 0 unspecified atom stereocenters. The van der Waals surface area contributed by atoms with Crippen LogP contribution in [0.25, 0.3) is 0 Å². The molecule has 1 spiro atoms. The minimum absolute atomic E-state index is 0.0261. The monoisotopic (exact) mass is 385 g/mol. The second-order valence-electron chi connectivity index (χ2n) is 8.69. The highest BCUT2D eigenvalue weighted by molar-refractivity contribution is 5.89. The van der Waals surface area contributed by atoms with Crippen molar-refractivity contribution in [1.29, 1.82) is 0 Å². The van der Waals surface area contributed by atoms with Gasteiger partial charge in [0.05, 0.1) is 6.10 Å². The van der Waals surface area contributed by atoms with Crippen LogP contribution in [0.4, 0.5) is 10.5 Å². The molecule has 0 aromatic heterocycles. The van der Waals surface area contributed by atoms with Crippen molar-refractivity contribution in [3.8, 4) is 0 Å². The number of ether oxygens (including phenoxy) is 1. The van der Waals surface area contributed by atoms with Gasteiger partial charge in [0.1, 0.15) is 0 Å².